The molecule has 0 amide bonds. The molecule has 5 heterocycles. The first-order valence-electron chi connectivity index (χ1n) is 17.9. The van der Waals surface area contributed by atoms with Gasteiger partial charge in [-0.1, -0.05) is 51.4 Å². The van der Waals surface area contributed by atoms with Crippen molar-refractivity contribution >= 4 is 25.8 Å². The number of fused-ring (bicyclic) bond motifs is 20. The zero-order valence-electron chi connectivity index (χ0n) is 24.6. The molecule has 4 aliphatic carbocycles. The second kappa shape index (κ2) is 12.1. The molecule has 4 saturated carbocycles. The van der Waals surface area contributed by atoms with E-state index >= 15 is 0 Å². The first-order valence-corrected chi connectivity index (χ1v) is 17.9. The van der Waals surface area contributed by atoms with Gasteiger partial charge in [-0.15, -0.1) is 0 Å². The zero-order chi connectivity index (χ0) is 26.2. The molecule has 0 aromatic rings. The molecule has 8 atom stereocenters. The van der Waals surface area contributed by atoms with Gasteiger partial charge >= 0.3 is 25.8 Å². The van der Waals surface area contributed by atoms with Crippen molar-refractivity contribution < 1.29 is 0 Å². The van der Waals surface area contributed by atoms with Gasteiger partial charge in [0.25, 0.3) is 0 Å². The molecule has 230 valence electrons. The van der Waals surface area contributed by atoms with Crippen LogP contribution in [0.4, 0.5) is 0 Å². The van der Waals surface area contributed by atoms with Gasteiger partial charge in [0.1, 0.15) is 0 Å². The molecule has 0 radical (unpaired) electrons. The van der Waals surface area contributed by atoms with Crippen LogP contribution in [-0.2, 0) is 0 Å². The maximum atomic E-state index is 4.26. The second-order valence-corrected chi connectivity index (χ2v) is 15.6. The quantitative estimate of drug-likeness (QED) is 0.196. The molecule has 8 N–H and O–H groups in total. The molecule has 5 aliphatic heterocycles. The second-order valence-electron chi connectivity index (χ2n) is 15.6. The van der Waals surface area contributed by atoms with E-state index in [-0.39, 0.29) is 25.8 Å². The molecular weight excluding hydrogens is 611 g/mol. The van der Waals surface area contributed by atoms with Crippen molar-refractivity contribution in [3.63, 3.8) is 0 Å². The van der Waals surface area contributed by atoms with Crippen LogP contribution in [0.15, 0.2) is 0 Å². The van der Waals surface area contributed by atoms with Gasteiger partial charge in [-0.05, 0) is 98.7 Å². The van der Waals surface area contributed by atoms with E-state index in [0.717, 1.165) is 47.3 Å². The fourth-order valence-electron chi connectivity index (χ4n) is 12.0. The molecule has 5 saturated heterocycles. The van der Waals surface area contributed by atoms with Crippen LogP contribution in [0.3, 0.4) is 0 Å². The Bertz CT molecular complexity index is 716. The Balaban J connectivity index is 0.00000256. The van der Waals surface area contributed by atoms with Crippen molar-refractivity contribution in [3.8, 4) is 0 Å². The van der Waals surface area contributed by atoms with E-state index in [1.165, 1.54) is 103 Å². The summed E-state index contributed by atoms with van der Waals surface area (Å²) >= 11 is 0. The van der Waals surface area contributed by atoms with Crippen LogP contribution in [0.1, 0.15) is 103 Å². The van der Waals surface area contributed by atoms with Crippen molar-refractivity contribution in [2.24, 2.45) is 47.3 Å². The third-order valence-corrected chi connectivity index (χ3v) is 13.8. The Labute approximate surface area is 266 Å². The fraction of sp³-hybridized carbons (Fsp3) is 1.00. The van der Waals surface area contributed by atoms with Gasteiger partial charge < -0.3 is 0 Å². The van der Waals surface area contributed by atoms with Gasteiger partial charge in [0, 0.05) is 0 Å². The van der Waals surface area contributed by atoms with Crippen molar-refractivity contribution in [1.82, 2.24) is 42.5 Å². The average molecular weight is 671 g/mol. The molecule has 0 aromatic carbocycles. The minimum absolute atomic E-state index is 0. The summed E-state index contributed by atoms with van der Waals surface area (Å²) in [6.45, 7) is 0. The summed E-state index contributed by atoms with van der Waals surface area (Å²) in [6, 6.07) is 0. The predicted molar refractivity (Wildman–Crippen MR) is 167 cm³/mol. The Morgan fingerprint density at radius 3 is 0.463 bits per heavy atom. The first-order chi connectivity index (χ1) is 19.8. The number of hydrogen-bond acceptors (Lipinski definition) is 8. The minimum atomic E-state index is 0. The molecular formula is C32H59InN8. The average Bonchev–Trinajstić information content (AvgIpc) is 3.73. The van der Waals surface area contributed by atoms with Gasteiger partial charge in [-0.25, -0.2) is 0 Å². The van der Waals surface area contributed by atoms with Gasteiger partial charge in [-0.2, -0.15) is 0 Å². The maximum absolute atomic E-state index is 4.26. The topological polar surface area (TPSA) is 96.2 Å². The van der Waals surface area contributed by atoms with Crippen molar-refractivity contribution in [3.05, 3.63) is 0 Å². The van der Waals surface area contributed by atoms with Crippen molar-refractivity contribution in [2.45, 2.75) is 152 Å². The summed E-state index contributed by atoms with van der Waals surface area (Å²) in [5.41, 5.74) is 0. The van der Waals surface area contributed by atoms with Crippen molar-refractivity contribution in [1.29, 1.82) is 0 Å². The Morgan fingerprint density at radius 1 is 0.220 bits per heavy atom. The van der Waals surface area contributed by atoms with Crippen LogP contribution in [0.25, 0.3) is 0 Å². The molecule has 8 unspecified atom stereocenters. The van der Waals surface area contributed by atoms with E-state index in [0.29, 0.717) is 49.3 Å². The van der Waals surface area contributed by atoms with Crippen LogP contribution in [0.5, 0.6) is 0 Å². The van der Waals surface area contributed by atoms with Gasteiger partial charge in [0.15, 0.2) is 0 Å². The fourth-order valence-corrected chi connectivity index (χ4v) is 12.0. The van der Waals surface area contributed by atoms with E-state index in [4.69, 9.17) is 0 Å². The van der Waals surface area contributed by atoms with Crippen LogP contribution >= 0.6 is 0 Å². The summed E-state index contributed by atoms with van der Waals surface area (Å²) in [7, 11) is 0. The Kier molecular flexibility index (Phi) is 8.52. The first kappa shape index (κ1) is 29.0. The normalized spacial score (nSPS) is 56.2. The molecule has 41 heavy (non-hydrogen) atoms. The summed E-state index contributed by atoms with van der Waals surface area (Å²) in [6.07, 6.45) is 25.6. The molecule has 9 rings (SSSR count). The van der Waals surface area contributed by atoms with Gasteiger partial charge in [0.05, 0.1) is 49.3 Å². The predicted octanol–water partition coefficient (Wildman–Crippen LogP) is 1.42. The Hall–Kier alpha value is 0.550. The number of rotatable bonds is 0. The summed E-state index contributed by atoms with van der Waals surface area (Å²) in [5, 5.41) is 33.8. The molecule has 8 nitrogen and oxygen atoms in total. The molecule has 0 aromatic heterocycles. The van der Waals surface area contributed by atoms with E-state index in [9.17, 15) is 0 Å². The Morgan fingerprint density at radius 2 is 0.341 bits per heavy atom. The molecule has 0 spiro atoms. The van der Waals surface area contributed by atoms with E-state index in [1.807, 2.05) is 0 Å². The summed E-state index contributed by atoms with van der Waals surface area (Å²) < 4.78 is 0. The van der Waals surface area contributed by atoms with Crippen LogP contribution in [0.2, 0.25) is 0 Å². The van der Waals surface area contributed by atoms with Crippen LogP contribution < -0.4 is 42.5 Å². The summed E-state index contributed by atoms with van der Waals surface area (Å²) in [5.74, 6) is 5.97. The van der Waals surface area contributed by atoms with Crippen LogP contribution in [0, 0.1) is 47.3 Å². The van der Waals surface area contributed by atoms with Gasteiger partial charge in [-0.3, -0.25) is 42.5 Å². The molecule has 9 aliphatic rings. The number of hydrogen-bond donors (Lipinski definition) is 8. The van der Waals surface area contributed by atoms with Crippen molar-refractivity contribution in [2.75, 3.05) is 0 Å². The molecule has 9 heteroatoms. The SMILES string of the molecule is C1CCC2C3NC(NC4NC(NC5NC(NC6NC(N3)C3CCCCC63)C3CCCCC53)C3CCCCC43)C2C1.[InH3]. The molecule has 9 fully saturated rings. The summed E-state index contributed by atoms with van der Waals surface area (Å²) in [4.78, 5) is 0. The van der Waals surface area contributed by atoms with Gasteiger partial charge in [0.2, 0.25) is 0 Å². The monoisotopic (exact) mass is 670 g/mol. The zero-order valence-corrected chi connectivity index (χ0v) is 24.6. The third-order valence-electron chi connectivity index (χ3n) is 13.8. The molecule has 8 bridgehead atoms. The van der Waals surface area contributed by atoms with E-state index < -0.39 is 0 Å². The van der Waals surface area contributed by atoms with E-state index in [1.54, 1.807) is 0 Å². The van der Waals surface area contributed by atoms with Crippen LogP contribution in [-0.4, -0.2) is 75.2 Å². The standard InChI is InChI=1S/C32H56N8.In.3H/c1-2-10-18-17(9-1)25-33-26(18)38-28-21-13-5-6-14-22(21)30(35-28)40-32-24-16-8-7-15-23(24)31(36-32)39-29-20-12-4-3-11-19(20)27(34-29)37-25;;;;/h17-40H,1-16H2;;;;. The third kappa shape index (κ3) is 5.11. The number of nitrogens with one attached hydrogen (secondary N) is 8. The van der Waals surface area contributed by atoms with E-state index in [2.05, 4.69) is 42.5 Å².